The summed E-state index contributed by atoms with van der Waals surface area (Å²) in [6, 6.07) is 5.53. The van der Waals surface area contributed by atoms with Gasteiger partial charge in [-0.05, 0) is 31.2 Å². The summed E-state index contributed by atoms with van der Waals surface area (Å²) in [5, 5.41) is 14.1. The highest BCUT2D eigenvalue weighted by Crippen LogP contribution is 2.31. The zero-order valence-electron chi connectivity index (χ0n) is 11.2. The van der Waals surface area contributed by atoms with Crippen LogP contribution in [0.1, 0.15) is 5.69 Å². The normalized spacial score (nSPS) is 13.1. The minimum absolute atomic E-state index is 0.112. The van der Waals surface area contributed by atoms with Crippen molar-refractivity contribution < 1.29 is 9.31 Å². The van der Waals surface area contributed by atoms with Gasteiger partial charge >= 0.3 is 5.69 Å². The van der Waals surface area contributed by atoms with E-state index in [4.69, 9.17) is 0 Å². The molecular weight excluding hydrogens is 277 g/mol. The van der Waals surface area contributed by atoms with Crippen molar-refractivity contribution in [1.82, 2.24) is 9.97 Å². The summed E-state index contributed by atoms with van der Waals surface area (Å²) in [4.78, 5) is 20.9. The molecule has 1 aliphatic heterocycles. The van der Waals surface area contributed by atoms with E-state index >= 15 is 0 Å². The highest BCUT2D eigenvalue weighted by atomic mass is 19.1. The van der Waals surface area contributed by atoms with Crippen molar-refractivity contribution in [3.05, 3.63) is 45.9 Å². The molecule has 2 heterocycles. The molecule has 1 aromatic heterocycles. The van der Waals surface area contributed by atoms with Crippen molar-refractivity contribution in [1.29, 1.82) is 0 Å². The predicted molar refractivity (Wildman–Crippen MR) is 75.3 cm³/mol. The number of nitrogens with zero attached hydrogens (tertiary/aromatic N) is 4. The fraction of sp³-hybridized carbons (Fsp3) is 0.231. The third-order valence-electron chi connectivity index (χ3n) is 3.07. The highest BCUT2D eigenvalue weighted by Gasteiger charge is 2.27. The van der Waals surface area contributed by atoms with E-state index in [0.29, 0.717) is 17.3 Å². The van der Waals surface area contributed by atoms with E-state index in [0.717, 1.165) is 13.1 Å². The van der Waals surface area contributed by atoms with Crippen molar-refractivity contribution >= 4 is 23.1 Å². The molecule has 0 bridgehead atoms. The van der Waals surface area contributed by atoms with Gasteiger partial charge in [0.05, 0.1) is 4.92 Å². The fourth-order valence-corrected chi connectivity index (χ4v) is 1.92. The first kappa shape index (κ1) is 13.2. The van der Waals surface area contributed by atoms with Crippen LogP contribution in [0, 0.1) is 22.9 Å². The zero-order chi connectivity index (χ0) is 15.0. The van der Waals surface area contributed by atoms with Gasteiger partial charge in [0, 0.05) is 18.8 Å². The number of hydrogen-bond donors (Lipinski definition) is 1. The molecule has 0 radical (unpaired) electrons. The molecule has 3 rings (SSSR count). The molecule has 2 aromatic rings. The zero-order valence-corrected chi connectivity index (χ0v) is 11.2. The van der Waals surface area contributed by atoms with Crippen LogP contribution in [0.15, 0.2) is 24.3 Å². The lowest BCUT2D eigenvalue weighted by molar-refractivity contribution is -0.385. The number of benzene rings is 1. The van der Waals surface area contributed by atoms with Crippen LogP contribution in [0.5, 0.6) is 0 Å². The Balaban J connectivity index is 2.01. The molecule has 1 saturated heterocycles. The average Bonchev–Trinajstić information content (AvgIpc) is 3.24. The third-order valence-corrected chi connectivity index (χ3v) is 3.07. The lowest BCUT2D eigenvalue weighted by Crippen LogP contribution is -2.08. The van der Waals surface area contributed by atoms with Crippen LogP contribution in [0.3, 0.4) is 0 Å². The van der Waals surface area contributed by atoms with E-state index in [-0.39, 0.29) is 17.3 Å². The predicted octanol–water partition coefficient (Wildman–Crippen LogP) is 2.40. The number of nitrogens with one attached hydrogen (secondary N) is 1. The van der Waals surface area contributed by atoms with E-state index in [1.165, 1.54) is 24.3 Å². The summed E-state index contributed by atoms with van der Waals surface area (Å²) < 4.78 is 12.9. The van der Waals surface area contributed by atoms with Gasteiger partial charge in [0.15, 0.2) is 0 Å². The number of anilines is 3. The number of halogens is 1. The second-order valence-corrected chi connectivity index (χ2v) is 4.68. The molecule has 7 nitrogen and oxygen atoms in total. The first-order chi connectivity index (χ1) is 10.0. The number of aromatic nitrogens is 2. The minimum atomic E-state index is -0.521. The van der Waals surface area contributed by atoms with E-state index in [9.17, 15) is 14.5 Å². The van der Waals surface area contributed by atoms with Crippen molar-refractivity contribution in [2.24, 2.45) is 0 Å². The van der Waals surface area contributed by atoms with Crippen LogP contribution < -0.4 is 10.2 Å². The van der Waals surface area contributed by atoms with Gasteiger partial charge in [-0.15, -0.1) is 0 Å². The SMILES string of the molecule is Cc1nc(N2CC2)nc(Nc2ccc(F)cc2)c1[N+](=O)[O-]. The molecule has 1 aliphatic rings. The van der Waals surface area contributed by atoms with Crippen molar-refractivity contribution in [2.45, 2.75) is 6.92 Å². The number of nitro groups is 1. The third kappa shape index (κ3) is 2.73. The topological polar surface area (TPSA) is 84.0 Å². The molecule has 1 N–H and O–H groups in total. The Morgan fingerprint density at radius 2 is 1.95 bits per heavy atom. The van der Waals surface area contributed by atoms with Gasteiger partial charge < -0.3 is 10.2 Å². The quantitative estimate of drug-likeness (QED) is 0.528. The van der Waals surface area contributed by atoms with Gasteiger partial charge in [0.25, 0.3) is 0 Å². The van der Waals surface area contributed by atoms with Crippen molar-refractivity contribution in [3.8, 4) is 0 Å². The average molecular weight is 289 g/mol. The Bertz CT molecular complexity index is 700. The number of aryl methyl sites for hydroxylation is 1. The summed E-state index contributed by atoms with van der Waals surface area (Å²) >= 11 is 0. The van der Waals surface area contributed by atoms with E-state index in [1.54, 1.807) is 6.92 Å². The van der Waals surface area contributed by atoms with Crippen LogP contribution in [0.4, 0.5) is 27.5 Å². The van der Waals surface area contributed by atoms with E-state index < -0.39 is 4.92 Å². The molecular formula is C13H12FN5O2. The second-order valence-electron chi connectivity index (χ2n) is 4.68. The molecule has 0 atom stereocenters. The van der Waals surface area contributed by atoms with Crippen LogP contribution in [-0.2, 0) is 0 Å². The highest BCUT2D eigenvalue weighted by molar-refractivity contribution is 5.68. The molecule has 1 aromatic carbocycles. The molecule has 0 unspecified atom stereocenters. The maximum absolute atomic E-state index is 12.9. The van der Waals surface area contributed by atoms with Gasteiger partial charge in [-0.2, -0.15) is 4.98 Å². The summed E-state index contributed by atoms with van der Waals surface area (Å²) in [5.41, 5.74) is 0.640. The number of hydrogen-bond acceptors (Lipinski definition) is 6. The maximum atomic E-state index is 12.9. The van der Waals surface area contributed by atoms with Gasteiger partial charge in [0.2, 0.25) is 11.8 Å². The first-order valence-corrected chi connectivity index (χ1v) is 6.35. The maximum Gasteiger partial charge on any atom is 0.332 e. The number of rotatable bonds is 4. The molecule has 21 heavy (non-hydrogen) atoms. The Kier molecular flexibility index (Phi) is 3.13. The molecule has 0 amide bonds. The summed E-state index contributed by atoms with van der Waals surface area (Å²) in [6.45, 7) is 3.25. The summed E-state index contributed by atoms with van der Waals surface area (Å²) in [6.07, 6.45) is 0. The van der Waals surface area contributed by atoms with Crippen LogP contribution in [0.2, 0.25) is 0 Å². The largest absolute Gasteiger partial charge is 0.337 e. The Morgan fingerprint density at radius 1 is 1.29 bits per heavy atom. The summed E-state index contributed by atoms with van der Waals surface area (Å²) in [5.74, 6) is 0.197. The van der Waals surface area contributed by atoms with Gasteiger partial charge in [-0.1, -0.05) is 0 Å². The summed E-state index contributed by atoms with van der Waals surface area (Å²) in [7, 11) is 0. The van der Waals surface area contributed by atoms with E-state index in [2.05, 4.69) is 15.3 Å². The van der Waals surface area contributed by atoms with Gasteiger partial charge in [-0.25, -0.2) is 9.37 Å². The van der Waals surface area contributed by atoms with Gasteiger partial charge in [0.1, 0.15) is 11.5 Å². The van der Waals surface area contributed by atoms with Gasteiger partial charge in [-0.3, -0.25) is 10.1 Å². The molecule has 0 aliphatic carbocycles. The molecule has 0 spiro atoms. The molecule has 0 saturated carbocycles. The molecule has 1 fully saturated rings. The Labute approximate surface area is 119 Å². The molecule has 8 heteroatoms. The smallest absolute Gasteiger partial charge is 0.332 e. The Morgan fingerprint density at radius 3 is 2.52 bits per heavy atom. The first-order valence-electron chi connectivity index (χ1n) is 6.35. The van der Waals surface area contributed by atoms with Crippen LogP contribution in [-0.4, -0.2) is 28.0 Å². The van der Waals surface area contributed by atoms with E-state index in [1.807, 2.05) is 4.90 Å². The second kappa shape index (κ2) is 4.97. The van der Waals surface area contributed by atoms with Crippen LogP contribution >= 0.6 is 0 Å². The standard InChI is InChI=1S/C13H12FN5O2/c1-8-11(19(20)21)12(17-13(15-8)18-6-7-18)16-10-4-2-9(14)3-5-10/h2-5H,6-7H2,1H3,(H,15,16,17). The lowest BCUT2D eigenvalue weighted by atomic mass is 10.3. The van der Waals surface area contributed by atoms with Crippen molar-refractivity contribution in [3.63, 3.8) is 0 Å². The monoisotopic (exact) mass is 289 g/mol. The fourth-order valence-electron chi connectivity index (χ4n) is 1.92. The van der Waals surface area contributed by atoms with Crippen LogP contribution in [0.25, 0.3) is 0 Å². The van der Waals surface area contributed by atoms with Crippen molar-refractivity contribution in [2.75, 3.05) is 23.3 Å². The molecule has 108 valence electrons. The minimum Gasteiger partial charge on any atom is -0.337 e. The Hall–Kier alpha value is -2.77. The lowest BCUT2D eigenvalue weighted by Gasteiger charge is -2.10.